The Bertz CT molecular complexity index is 423. The van der Waals surface area contributed by atoms with Gasteiger partial charge in [0.2, 0.25) is 0 Å². The summed E-state index contributed by atoms with van der Waals surface area (Å²) < 4.78 is 5.09. The van der Waals surface area contributed by atoms with Gasteiger partial charge in [-0.3, -0.25) is 0 Å². The molecule has 0 aliphatic carbocycles. The van der Waals surface area contributed by atoms with Crippen LogP contribution in [-0.2, 0) is 0 Å². The summed E-state index contributed by atoms with van der Waals surface area (Å²) in [5, 5.41) is 18.0. The highest BCUT2D eigenvalue weighted by Gasteiger charge is 2.25. The van der Waals surface area contributed by atoms with Crippen molar-refractivity contribution in [2.45, 2.75) is 19.8 Å². The zero-order valence-corrected chi connectivity index (χ0v) is 10.3. The molecule has 0 heterocycles. The van der Waals surface area contributed by atoms with Gasteiger partial charge in [0.15, 0.2) is 0 Å². The summed E-state index contributed by atoms with van der Waals surface area (Å²) in [6, 6.07) is 11.7. The number of hydrogen-bond acceptors (Lipinski definition) is 3. The number of ether oxygens (including phenoxy) is 1. The molecule has 0 amide bonds. The highest BCUT2D eigenvalue weighted by Crippen LogP contribution is 2.32. The van der Waals surface area contributed by atoms with Crippen molar-refractivity contribution in [3.8, 4) is 17.9 Å². The van der Waals surface area contributed by atoms with E-state index in [0.29, 0.717) is 0 Å². The highest BCUT2D eigenvalue weighted by atomic mass is 16.5. The third-order valence-corrected chi connectivity index (χ3v) is 2.86. The van der Waals surface area contributed by atoms with Gasteiger partial charge >= 0.3 is 0 Å². The van der Waals surface area contributed by atoms with E-state index >= 15 is 0 Å². The number of nitriles is 2. The van der Waals surface area contributed by atoms with Gasteiger partial charge in [-0.25, -0.2) is 0 Å². The van der Waals surface area contributed by atoms with E-state index in [2.05, 4.69) is 12.1 Å². The molecule has 0 saturated carbocycles. The standard InChI is InChI=1S/C14H16N2O/c1-10(2)14(12(8-15)9-16)11-4-6-13(17-3)7-5-11/h4-7,10,12,14H,1-3H3. The number of nitrogens with zero attached hydrogens (tertiary/aromatic N) is 2. The second-order valence-electron chi connectivity index (χ2n) is 4.28. The lowest BCUT2D eigenvalue weighted by molar-refractivity contribution is 0.413. The fourth-order valence-electron chi connectivity index (χ4n) is 1.98. The lowest BCUT2D eigenvalue weighted by Crippen LogP contribution is -2.15. The van der Waals surface area contributed by atoms with Gasteiger partial charge in [0.25, 0.3) is 0 Å². The number of hydrogen-bond donors (Lipinski definition) is 0. The van der Waals surface area contributed by atoms with Gasteiger partial charge in [0, 0.05) is 5.92 Å². The van der Waals surface area contributed by atoms with Crippen molar-refractivity contribution in [1.29, 1.82) is 10.5 Å². The van der Waals surface area contributed by atoms with Crippen molar-refractivity contribution < 1.29 is 4.74 Å². The van der Waals surface area contributed by atoms with Crippen LogP contribution < -0.4 is 4.74 Å². The Kier molecular flexibility index (Phi) is 4.55. The predicted molar refractivity (Wildman–Crippen MR) is 65.3 cm³/mol. The maximum absolute atomic E-state index is 9.01. The van der Waals surface area contributed by atoms with Gasteiger partial charge in [-0.2, -0.15) is 10.5 Å². The fourth-order valence-corrected chi connectivity index (χ4v) is 1.98. The van der Waals surface area contributed by atoms with Crippen LogP contribution in [0.3, 0.4) is 0 Å². The Morgan fingerprint density at radius 2 is 1.59 bits per heavy atom. The molecule has 0 spiro atoms. The minimum absolute atomic E-state index is 0.0593. The van der Waals surface area contributed by atoms with E-state index in [4.69, 9.17) is 15.3 Å². The first-order chi connectivity index (χ1) is 8.13. The lowest BCUT2D eigenvalue weighted by Gasteiger charge is -2.22. The number of methoxy groups -OCH3 is 1. The molecule has 0 aliphatic rings. The van der Waals surface area contributed by atoms with Gasteiger partial charge in [0.1, 0.15) is 11.7 Å². The van der Waals surface area contributed by atoms with Crippen molar-refractivity contribution in [1.82, 2.24) is 0 Å². The van der Waals surface area contributed by atoms with Crippen LogP contribution in [0.4, 0.5) is 0 Å². The molecule has 1 rings (SSSR count). The Morgan fingerprint density at radius 1 is 1.06 bits per heavy atom. The largest absolute Gasteiger partial charge is 0.497 e. The first-order valence-electron chi connectivity index (χ1n) is 5.57. The molecular formula is C14H16N2O. The molecule has 0 bridgehead atoms. The Balaban J connectivity index is 3.07. The van der Waals surface area contributed by atoms with E-state index in [-0.39, 0.29) is 11.8 Å². The average Bonchev–Trinajstić information content (AvgIpc) is 2.35. The molecule has 0 aliphatic heterocycles. The molecule has 1 unspecified atom stereocenters. The molecule has 3 heteroatoms. The molecule has 17 heavy (non-hydrogen) atoms. The van der Waals surface area contributed by atoms with Crippen molar-refractivity contribution in [3.63, 3.8) is 0 Å². The van der Waals surface area contributed by atoms with Crippen molar-refractivity contribution in [2.24, 2.45) is 11.8 Å². The van der Waals surface area contributed by atoms with Crippen LogP contribution in [0.25, 0.3) is 0 Å². The summed E-state index contributed by atoms with van der Waals surface area (Å²) in [5.41, 5.74) is 1.01. The average molecular weight is 228 g/mol. The first kappa shape index (κ1) is 13.1. The smallest absolute Gasteiger partial charge is 0.140 e. The zero-order chi connectivity index (χ0) is 12.8. The number of benzene rings is 1. The Morgan fingerprint density at radius 3 is 1.94 bits per heavy atom. The summed E-state index contributed by atoms with van der Waals surface area (Å²) in [5.74, 6) is 0.355. The summed E-state index contributed by atoms with van der Waals surface area (Å²) in [6.45, 7) is 4.05. The quantitative estimate of drug-likeness (QED) is 0.795. The zero-order valence-electron chi connectivity index (χ0n) is 10.3. The molecule has 0 saturated heterocycles. The predicted octanol–water partition coefficient (Wildman–Crippen LogP) is 3.10. The van der Waals surface area contributed by atoms with E-state index < -0.39 is 5.92 Å². The van der Waals surface area contributed by atoms with Gasteiger partial charge in [-0.1, -0.05) is 26.0 Å². The van der Waals surface area contributed by atoms with E-state index in [9.17, 15) is 0 Å². The molecule has 1 atom stereocenters. The van der Waals surface area contributed by atoms with Gasteiger partial charge in [-0.15, -0.1) is 0 Å². The van der Waals surface area contributed by atoms with Crippen LogP contribution in [0.15, 0.2) is 24.3 Å². The normalized spacial score (nSPS) is 11.9. The second-order valence-corrected chi connectivity index (χ2v) is 4.28. The number of rotatable bonds is 4. The van der Waals surface area contributed by atoms with Crippen molar-refractivity contribution in [2.75, 3.05) is 7.11 Å². The fraction of sp³-hybridized carbons (Fsp3) is 0.429. The molecular weight excluding hydrogens is 212 g/mol. The first-order valence-corrected chi connectivity index (χ1v) is 5.57. The summed E-state index contributed by atoms with van der Waals surface area (Å²) in [4.78, 5) is 0. The Labute approximate surface area is 102 Å². The second kappa shape index (κ2) is 5.92. The minimum Gasteiger partial charge on any atom is -0.497 e. The molecule has 0 radical (unpaired) electrons. The van der Waals surface area contributed by atoms with E-state index in [1.165, 1.54) is 0 Å². The lowest BCUT2D eigenvalue weighted by atomic mass is 9.79. The minimum atomic E-state index is -0.608. The van der Waals surface area contributed by atoms with Crippen LogP contribution in [0.5, 0.6) is 5.75 Å². The molecule has 0 N–H and O–H groups in total. The molecule has 3 nitrogen and oxygen atoms in total. The molecule has 88 valence electrons. The third-order valence-electron chi connectivity index (χ3n) is 2.86. The summed E-state index contributed by atoms with van der Waals surface area (Å²) in [7, 11) is 1.61. The van der Waals surface area contributed by atoms with Crippen molar-refractivity contribution in [3.05, 3.63) is 29.8 Å². The van der Waals surface area contributed by atoms with Crippen LogP contribution in [0, 0.1) is 34.5 Å². The van der Waals surface area contributed by atoms with Crippen LogP contribution >= 0.6 is 0 Å². The molecule has 0 fully saturated rings. The monoisotopic (exact) mass is 228 g/mol. The van der Waals surface area contributed by atoms with Gasteiger partial charge < -0.3 is 4.74 Å². The van der Waals surface area contributed by atoms with Crippen LogP contribution in [-0.4, -0.2) is 7.11 Å². The van der Waals surface area contributed by atoms with Gasteiger partial charge in [-0.05, 0) is 23.6 Å². The topological polar surface area (TPSA) is 56.8 Å². The molecule has 1 aromatic rings. The van der Waals surface area contributed by atoms with Crippen molar-refractivity contribution >= 4 is 0 Å². The maximum atomic E-state index is 9.01. The van der Waals surface area contributed by atoms with Crippen LogP contribution in [0.1, 0.15) is 25.3 Å². The third kappa shape index (κ3) is 2.98. The van der Waals surface area contributed by atoms with Gasteiger partial charge in [0.05, 0.1) is 19.2 Å². The summed E-state index contributed by atoms with van der Waals surface area (Å²) >= 11 is 0. The maximum Gasteiger partial charge on any atom is 0.140 e. The van der Waals surface area contributed by atoms with E-state index in [1.54, 1.807) is 7.11 Å². The Hall–Kier alpha value is -2.00. The molecule has 1 aromatic carbocycles. The highest BCUT2D eigenvalue weighted by molar-refractivity contribution is 5.32. The summed E-state index contributed by atoms with van der Waals surface area (Å²) in [6.07, 6.45) is 0. The van der Waals surface area contributed by atoms with Crippen LogP contribution in [0.2, 0.25) is 0 Å². The van der Waals surface area contributed by atoms with E-state index in [0.717, 1.165) is 11.3 Å². The SMILES string of the molecule is COc1ccc(C(C(C)C)C(C#N)C#N)cc1. The molecule has 0 aromatic heterocycles. The van der Waals surface area contributed by atoms with E-state index in [1.807, 2.05) is 38.1 Å².